The van der Waals surface area contributed by atoms with E-state index in [2.05, 4.69) is 10.6 Å². The first kappa shape index (κ1) is 21.8. The van der Waals surface area contributed by atoms with E-state index < -0.39 is 16.9 Å². The Hall–Kier alpha value is -2.52. The van der Waals surface area contributed by atoms with Gasteiger partial charge in [-0.05, 0) is 55.0 Å². The van der Waals surface area contributed by atoms with Crippen LogP contribution < -0.4 is 10.6 Å². The van der Waals surface area contributed by atoms with Crippen molar-refractivity contribution in [3.63, 3.8) is 0 Å². The highest BCUT2D eigenvalue weighted by Crippen LogP contribution is 2.18. The number of anilines is 1. The van der Waals surface area contributed by atoms with Gasteiger partial charge < -0.3 is 10.6 Å². The van der Waals surface area contributed by atoms with Crippen LogP contribution in [0.3, 0.4) is 0 Å². The molecule has 0 bridgehead atoms. The minimum absolute atomic E-state index is 0.139. The topological polar surface area (TPSA) is 101 Å². The molecule has 0 heterocycles. The third-order valence-electron chi connectivity index (χ3n) is 3.91. The zero-order chi connectivity index (χ0) is 20.5. The number of amides is 2. The molecule has 0 unspecified atom stereocenters. The van der Waals surface area contributed by atoms with Crippen molar-refractivity contribution in [2.45, 2.75) is 17.4 Å². The largest absolute Gasteiger partial charge is 0.340 e. The molecule has 0 fully saturated rings. The number of thioether (sulfide) groups is 2. The number of nitro benzene ring substituents is 1. The number of carbonyl (C=O) groups is 2. The number of non-ortho nitro benzene ring substituents is 1. The first-order valence-electron chi connectivity index (χ1n) is 8.43. The Labute approximate surface area is 171 Å². The standard InChI is InChI=1S/C19H21N3O4S2/c1-27-11-10-17(19(24)20-14-6-8-16(28-2)9-7-14)21-18(23)13-4-3-5-15(12-13)22(25)26/h3-9,12,17H,10-11H2,1-2H3,(H,20,24)(H,21,23)/t17-/m0/s1. The van der Waals surface area contributed by atoms with E-state index in [0.29, 0.717) is 17.9 Å². The first-order chi connectivity index (χ1) is 13.4. The van der Waals surface area contributed by atoms with Gasteiger partial charge in [0.2, 0.25) is 5.91 Å². The number of nitrogens with one attached hydrogen (secondary N) is 2. The number of benzene rings is 2. The van der Waals surface area contributed by atoms with Gasteiger partial charge in [-0.1, -0.05) is 6.07 Å². The zero-order valence-corrected chi connectivity index (χ0v) is 17.1. The van der Waals surface area contributed by atoms with Crippen molar-refractivity contribution < 1.29 is 14.5 Å². The molecule has 0 aromatic heterocycles. The fraction of sp³-hybridized carbons (Fsp3) is 0.263. The van der Waals surface area contributed by atoms with Gasteiger partial charge in [-0.2, -0.15) is 11.8 Å². The van der Waals surface area contributed by atoms with Gasteiger partial charge in [0.1, 0.15) is 6.04 Å². The van der Waals surface area contributed by atoms with E-state index in [9.17, 15) is 19.7 Å². The van der Waals surface area contributed by atoms with Crippen LogP contribution in [0.5, 0.6) is 0 Å². The molecule has 0 saturated carbocycles. The lowest BCUT2D eigenvalue weighted by atomic mass is 10.1. The number of rotatable bonds is 9. The second kappa shape index (κ2) is 10.7. The summed E-state index contributed by atoms with van der Waals surface area (Å²) in [5, 5.41) is 16.4. The van der Waals surface area contributed by atoms with Gasteiger partial charge in [-0.3, -0.25) is 19.7 Å². The number of nitro groups is 1. The predicted octanol–water partition coefficient (Wildman–Crippen LogP) is 3.81. The minimum atomic E-state index is -0.751. The molecule has 0 aliphatic rings. The maximum atomic E-state index is 12.7. The van der Waals surface area contributed by atoms with Crippen LogP contribution in [-0.4, -0.2) is 41.0 Å². The molecular formula is C19H21N3O4S2. The van der Waals surface area contributed by atoms with Gasteiger partial charge in [-0.25, -0.2) is 0 Å². The summed E-state index contributed by atoms with van der Waals surface area (Å²) in [5.74, 6) is -0.175. The number of hydrogen-bond donors (Lipinski definition) is 2. The van der Waals surface area contributed by atoms with Gasteiger partial charge in [0.25, 0.3) is 11.6 Å². The lowest BCUT2D eigenvalue weighted by Crippen LogP contribution is -2.44. The van der Waals surface area contributed by atoms with Crippen LogP contribution in [0.1, 0.15) is 16.8 Å². The van der Waals surface area contributed by atoms with Crippen LogP contribution in [-0.2, 0) is 4.79 Å². The molecule has 2 N–H and O–H groups in total. The van der Waals surface area contributed by atoms with Crippen molar-refractivity contribution in [1.82, 2.24) is 5.32 Å². The summed E-state index contributed by atoms with van der Waals surface area (Å²) in [5.41, 5.74) is 0.605. The Bertz CT molecular complexity index is 843. The highest BCUT2D eigenvalue weighted by atomic mass is 32.2. The third kappa shape index (κ3) is 6.28. The molecule has 1 atom stereocenters. The molecule has 2 aromatic carbocycles. The molecule has 0 saturated heterocycles. The number of carbonyl (C=O) groups excluding carboxylic acids is 2. The first-order valence-corrected chi connectivity index (χ1v) is 11.1. The van der Waals surface area contributed by atoms with Crippen molar-refractivity contribution in [1.29, 1.82) is 0 Å². The summed E-state index contributed by atoms with van der Waals surface area (Å²) >= 11 is 3.17. The average molecular weight is 420 g/mol. The van der Waals surface area contributed by atoms with Gasteiger partial charge in [0, 0.05) is 28.3 Å². The summed E-state index contributed by atoms with van der Waals surface area (Å²) in [6.07, 6.45) is 4.32. The monoisotopic (exact) mass is 419 g/mol. The van der Waals surface area contributed by atoms with Gasteiger partial charge in [-0.15, -0.1) is 11.8 Å². The van der Waals surface area contributed by atoms with E-state index in [1.165, 1.54) is 24.3 Å². The fourth-order valence-corrected chi connectivity index (χ4v) is 3.29. The van der Waals surface area contributed by atoms with E-state index in [0.717, 1.165) is 4.90 Å². The van der Waals surface area contributed by atoms with Gasteiger partial charge in [0.15, 0.2) is 0 Å². The summed E-state index contributed by atoms with van der Waals surface area (Å²) in [6.45, 7) is 0. The smallest absolute Gasteiger partial charge is 0.270 e. The molecule has 0 spiro atoms. The van der Waals surface area contributed by atoms with Crippen molar-refractivity contribution in [3.05, 3.63) is 64.2 Å². The second-order valence-electron chi connectivity index (χ2n) is 5.83. The molecule has 28 heavy (non-hydrogen) atoms. The van der Waals surface area contributed by atoms with Crippen LogP contribution in [0.15, 0.2) is 53.4 Å². The molecule has 9 heteroatoms. The maximum absolute atomic E-state index is 12.7. The quantitative estimate of drug-likeness (QED) is 0.364. The minimum Gasteiger partial charge on any atom is -0.340 e. The Balaban J connectivity index is 2.10. The number of nitrogens with zero attached hydrogens (tertiary/aromatic N) is 1. The molecule has 0 radical (unpaired) electrons. The lowest BCUT2D eigenvalue weighted by molar-refractivity contribution is -0.384. The summed E-state index contributed by atoms with van der Waals surface area (Å²) in [7, 11) is 0. The van der Waals surface area contributed by atoms with E-state index in [1.54, 1.807) is 35.7 Å². The van der Waals surface area contributed by atoms with Crippen LogP contribution in [0.25, 0.3) is 0 Å². The highest BCUT2D eigenvalue weighted by molar-refractivity contribution is 7.98. The van der Waals surface area contributed by atoms with Gasteiger partial charge >= 0.3 is 0 Å². The Morgan fingerprint density at radius 1 is 1.14 bits per heavy atom. The van der Waals surface area contributed by atoms with Crippen molar-refractivity contribution >= 4 is 46.7 Å². The SMILES string of the molecule is CSCC[C@H](NC(=O)c1cccc([N+](=O)[O-])c1)C(=O)Nc1ccc(SC)cc1. The van der Waals surface area contributed by atoms with Crippen molar-refractivity contribution in [2.75, 3.05) is 23.6 Å². The Morgan fingerprint density at radius 3 is 2.46 bits per heavy atom. The molecule has 7 nitrogen and oxygen atoms in total. The second-order valence-corrected chi connectivity index (χ2v) is 7.70. The molecule has 148 valence electrons. The van der Waals surface area contributed by atoms with Crippen LogP contribution in [0, 0.1) is 10.1 Å². The molecule has 0 aliphatic carbocycles. The lowest BCUT2D eigenvalue weighted by Gasteiger charge is -2.18. The van der Waals surface area contributed by atoms with Crippen LogP contribution in [0.2, 0.25) is 0 Å². The van der Waals surface area contributed by atoms with E-state index >= 15 is 0 Å². The fourth-order valence-electron chi connectivity index (χ4n) is 2.41. The third-order valence-corrected chi connectivity index (χ3v) is 5.30. The van der Waals surface area contributed by atoms with Gasteiger partial charge in [0.05, 0.1) is 4.92 Å². The maximum Gasteiger partial charge on any atom is 0.270 e. The normalized spacial score (nSPS) is 11.5. The summed E-state index contributed by atoms with van der Waals surface area (Å²) < 4.78 is 0. The molecule has 2 amide bonds. The Morgan fingerprint density at radius 2 is 1.86 bits per heavy atom. The molecule has 0 aliphatic heterocycles. The van der Waals surface area contributed by atoms with E-state index in [1.807, 2.05) is 24.6 Å². The Kier molecular flexibility index (Phi) is 8.34. The predicted molar refractivity (Wildman–Crippen MR) is 114 cm³/mol. The zero-order valence-electron chi connectivity index (χ0n) is 15.5. The highest BCUT2D eigenvalue weighted by Gasteiger charge is 2.22. The van der Waals surface area contributed by atoms with E-state index in [-0.39, 0.29) is 17.2 Å². The molecular weight excluding hydrogens is 398 g/mol. The summed E-state index contributed by atoms with van der Waals surface area (Å²) in [6, 6.07) is 12.1. The molecule has 2 rings (SSSR count). The van der Waals surface area contributed by atoms with Crippen LogP contribution in [0.4, 0.5) is 11.4 Å². The average Bonchev–Trinajstić information content (AvgIpc) is 2.71. The summed E-state index contributed by atoms with van der Waals surface area (Å²) in [4.78, 5) is 36.6. The number of hydrogen-bond acceptors (Lipinski definition) is 6. The van der Waals surface area contributed by atoms with Crippen molar-refractivity contribution in [2.24, 2.45) is 0 Å². The van der Waals surface area contributed by atoms with Crippen LogP contribution >= 0.6 is 23.5 Å². The van der Waals surface area contributed by atoms with E-state index in [4.69, 9.17) is 0 Å². The van der Waals surface area contributed by atoms with Crippen molar-refractivity contribution in [3.8, 4) is 0 Å². The molecule has 2 aromatic rings.